The lowest BCUT2D eigenvalue weighted by atomic mass is 10.2. The lowest BCUT2D eigenvalue weighted by Crippen LogP contribution is -2.27. The molecule has 8 nitrogen and oxygen atoms in total. The Morgan fingerprint density at radius 3 is 3.08 bits per heavy atom. The first-order valence-electron chi connectivity index (χ1n) is 8.16. The molecule has 1 atom stereocenters. The number of anilines is 2. The summed E-state index contributed by atoms with van der Waals surface area (Å²) in [5, 5.41) is 3.42. The summed E-state index contributed by atoms with van der Waals surface area (Å²) in [6.45, 7) is 1.72. The molecule has 1 saturated heterocycles. The van der Waals surface area contributed by atoms with Crippen molar-refractivity contribution in [2.24, 2.45) is 0 Å². The molecule has 0 saturated carbocycles. The van der Waals surface area contributed by atoms with Gasteiger partial charge in [0.2, 0.25) is 11.8 Å². The topological polar surface area (TPSA) is 91.8 Å². The molecule has 8 heteroatoms. The molecular formula is C17H19N7O. The Labute approximate surface area is 145 Å². The molecule has 128 valence electrons. The minimum Gasteiger partial charge on any atom is -0.481 e. The van der Waals surface area contributed by atoms with Gasteiger partial charge in [0.1, 0.15) is 12.1 Å². The zero-order chi connectivity index (χ0) is 17.1. The van der Waals surface area contributed by atoms with Crippen LogP contribution >= 0.6 is 0 Å². The van der Waals surface area contributed by atoms with E-state index >= 15 is 0 Å². The molecule has 0 aliphatic carbocycles. The number of ether oxygens (including phenoxy) is 1. The molecule has 3 aromatic heterocycles. The van der Waals surface area contributed by atoms with E-state index in [1.165, 1.54) is 6.33 Å². The Kier molecular flexibility index (Phi) is 4.16. The summed E-state index contributed by atoms with van der Waals surface area (Å²) in [6.07, 6.45) is 6.18. The van der Waals surface area contributed by atoms with Gasteiger partial charge in [-0.2, -0.15) is 0 Å². The zero-order valence-electron chi connectivity index (χ0n) is 13.9. The van der Waals surface area contributed by atoms with Crippen molar-refractivity contribution in [3.63, 3.8) is 0 Å². The second kappa shape index (κ2) is 6.76. The minimum atomic E-state index is 0.275. The van der Waals surface area contributed by atoms with Crippen molar-refractivity contribution in [3.8, 4) is 17.3 Å². The molecule has 4 rings (SSSR count). The van der Waals surface area contributed by atoms with Crippen molar-refractivity contribution < 1.29 is 4.74 Å². The van der Waals surface area contributed by atoms with Gasteiger partial charge in [-0.1, -0.05) is 0 Å². The molecule has 1 fully saturated rings. The lowest BCUT2D eigenvalue weighted by Gasteiger charge is -2.17. The maximum absolute atomic E-state index is 5.13. The first-order chi connectivity index (χ1) is 12.3. The van der Waals surface area contributed by atoms with Crippen molar-refractivity contribution in [2.45, 2.75) is 12.5 Å². The molecule has 1 aliphatic rings. The van der Waals surface area contributed by atoms with E-state index in [0.717, 1.165) is 42.7 Å². The van der Waals surface area contributed by atoms with Gasteiger partial charge in [-0.25, -0.2) is 19.9 Å². The third kappa shape index (κ3) is 3.37. The van der Waals surface area contributed by atoms with Crippen molar-refractivity contribution in [1.29, 1.82) is 0 Å². The summed E-state index contributed by atoms with van der Waals surface area (Å²) in [4.78, 5) is 22.7. The number of hydrogen-bond acceptors (Lipinski definition) is 7. The third-order valence-corrected chi connectivity index (χ3v) is 4.19. The van der Waals surface area contributed by atoms with E-state index in [9.17, 15) is 0 Å². The largest absolute Gasteiger partial charge is 0.481 e. The molecular weight excluding hydrogens is 318 g/mol. The number of aromatic nitrogens is 5. The Morgan fingerprint density at radius 2 is 2.24 bits per heavy atom. The summed E-state index contributed by atoms with van der Waals surface area (Å²) >= 11 is 0. The molecule has 2 N–H and O–H groups in total. The van der Waals surface area contributed by atoms with Crippen molar-refractivity contribution in [1.82, 2.24) is 24.9 Å². The molecule has 0 amide bonds. The second-order valence-corrected chi connectivity index (χ2v) is 5.85. The predicted molar refractivity (Wildman–Crippen MR) is 94.6 cm³/mol. The Balaban J connectivity index is 1.44. The molecule has 25 heavy (non-hydrogen) atoms. The van der Waals surface area contributed by atoms with Crippen LogP contribution in [-0.2, 0) is 0 Å². The van der Waals surface area contributed by atoms with E-state index in [4.69, 9.17) is 4.74 Å². The molecule has 4 heterocycles. The van der Waals surface area contributed by atoms with Crippen LogP contribution in [0.25, 0.3) is 11.4 Å². The number of H-pyrrole nitrogens is 1. The van der Waals surface area contributed by atoms with Crippen LogP contribution in [0.4, 0.5) is 11.8 Å². The summed E-state index contributed by atoms with van der Waals surface area (Å²) < 4.78 is 5.13. The van der Waals surface area contributed by atoms with Crippen LogP contribution in [0, 0.1) is 0 Å². The Morgan fingerprint density at radius 1 is 1.28 bits per heavy atom. The van der Waals surface area contributed by atoms with Crippen molar-refractivity contribution in [3.05, 3.63) is 43.0 Å². The van der Waals surface area contributed by atoms with E-state index in [0.29, 0.717) is 5.88 Å². The molecule has 0 aromatic carbocycles. The normalized spacial score (nSPS) is 16.8. The predicted octanol–water partition coefficient (Wildman–Crippen LogP) is 1.96. The van der Waals surface area contributed by atoms with Gasteiger partial charge in [-0.15, -0.1) is 0 Å². The van der Waals surface area contributed by atoms with Gasteiger partial charge in [0.15, 0.2) is 0 Å². The molecule has 1 unspecified atom stereocenters. The molecule has 0 bridgehead atoms. The lowest BCUT2D eigenvalue weighted by molar-refractivity contribution is 0.397. The third-order valence-electron chi connectivity index (χ3n) is 4.19. The highest BCUT2D eigenvalue weighted by Gasteiger charge is 2.25. The summed E-state index contributed by atoms with van der Waals surface area (Å²) in [5.41, 5.74) is 1.89. The van der Waals surface area contributed by atoms with Crippen LogP contribution < -0.4 is 15.0 Å². The summed E-state index contributed by atoms with van der Waals surface area (Å²) in [6, 6.07) is 7.95. The highest BCUT2D eigenvalue weighted by atomic mass is 16.5. The van der Waals surface area contributed by atoms with Crippen LogP contribution in [0.2, 0.25) is 0 Å². The van der Waals surface area contributed by atoms with E-state index in [1.807, 2.05) is 24.4 Å². The fourth-order valence-electron chi connectivity index (χ4n) is 2.94. The van der Waals surface area contributed by atoms with Gasteiger partial charge >= 0.3 is 0 Å². The van der Waals surface area contributed by atoms with E-state index < -0.39 is 0 Å². The van der Waals surface area contributed by atoms with Crippen LogP contribution in [0.3, 0.4) is 0 Å². The summed E-state index contributed by atoms with van der Waals surface area (Å²) in [7, 11) is 1.60. The average Bonchev–Trinajstić information content (AvgIpc) is 3.34. The monoisotopic (exact) mass is 337 g/mol. The fraction of sp³-hybridized carbons (Fsp3) is 0.294. The number of nitrogens with one attached hydrogen (secondary N) is 2. The first-order valence-corrected chi connectivity index (χ1v) is 8.16. The Bertz CT molecular complexity index is 837. The van der Waals surface area contributed by atoms with Crippen LogP contribution in [0.15, 0.2) is 43.0 Å². The number of hydrogen-bond donors (Lipinski definition) is 2. The van der Waals surface area contributed by atoms with Gasteiger partial charge in [-0.05, 0) is 24.6 Å². The number of rotatable bonds is 5. The van der Waals surface area contributed by atoms with Crippen LogP contribution in [-0.4, -0.2) is 51.2 Å². The molecule has 3 aromatic rings. The number of nitrogens with zero attached hydrogens (tertiary/aromatic N) is 5. The highest BCUT2D eigenvalue weighted by molar-refractivity contribution is 5.56. The van der Waals surface area contributed by atoms with Crippen molar-refractivity contribution >= 4 is 11.8 Å². The van der Waals surface area contributed by atoms with Gasteiger partial charge in [0, 0.05) is 37.6 Å². The maximum atomic E-state index is 5.13. The summed E-state index contributed by atoms with van der Waals surface area (Å²) in [5.74, 6) is 2.06. The van der Waals surface area contributed by atoms with Gasteiger partial charge in [0.05, 0.1) is 18.5 Å². The van der Waals surface area contributed by atoms with Crippen LogP contribution in [0.5, 0.6) is 5.88 Å². The zero-order valence-corrected chi connectivity index (χ0v) is 13.9. The maximum Gasteiger partial charge on any atom is 0.225 e. The van der Waals surface area contributed by atoms with Crippen LogP contribution in [0.1, 0.15) is 6.42 Å². The fourth-order valence-corrected chi connectivity index (χ4v) is 2.94. The SMILES string of the molecule is COc1cc(NC2CCN(c3nccc(-c4ccc[nH]4)n3)C2)ncn1. The second-order valence-electron chi connectivity index (χ2n) is 5.85. The van der Waals surface area contributed by atoms with E-state index in [1.54, 1.807) is 19.4 Å². The molecule has 0 spiro atoms. The first kappa shape index (κ1) is 15.4. The van der Waals surface area contributed by atoms with Gasteiger partial charge in [-0.3, -0.25) is 0 Å². The van der Waals surface area contributed by atoms with E-state index in [-0.39, 0.29) is 6.04 Å². The van der Waals surface area contributed by atoms with E-state index in [2.05, 4.69) is 35.1 Å². The average molecular weight is 337 g/mol. The highest BCUT2D eigenvalue weighted by Crippen LogP contribution is 2.22. The Hall–Kier alpha value is -3.16. The number of aromatic amines is 1. The standard InChI is InChI=1S/C17H19N7O/c1-25-16-9-15(20-11-21-16)22-12-5-8-24(10-12)17-19-7-4-14(23-17)13-3-2-6-18-13/h2-4,6-7,9,11-12,18H,5,8,10H2,1H3,(H,20,21,22). The van der Waals surface area contributed by atoms with Gasteiger partial charge in [0.25, 0.3) is 0 Å². The molecule has 0 radical (unpaired) electrons. The minimum absolute atomic E-state index is 0.275. The smallest absolute Gasteiger partial charge is 0.225 e. The van der Waals surface area contributed by atoms with Gasteiger partial charge < -0.3 is 19.9 Å². The number of methoxy groups -OCH3 is 1. The quantitative estimate of drug-likeness (QED) is 0.735. The molecule has 1 aliphatic heterocycles. The van der Waals surface area contributed by atoms with Crippen molar-refractivity contribution in [2.75, 3.05) is 30.4 Å².